The smallest absolute Gasteiger partial charge is 0.0508 e. The minimum absolute atomic E-state index is 0.804. The minimum atomic E-state index is -1.06. The predicted octanol–water partition coefficient (Wildman–Crippen LogP) is 5.29. The molecule has 0 nitrogen and oxygen atoms in total. The lowest BCUT2D eigenvalue weighted by Crippen LogP contribution is -2.31. The Kier molecular flexibility index (Phi) is 4.44. The molecule has 98 valence electrons. The first kappa shape index (κ1) is 13.6. The number of benzene rings is 1. The van der Waals surface area contributed by atoms with Crippen LogP contribution in [0.2, 0.25) is 24.7 Å². The van der Waals surface area contributed by atoms with E-state index >= 15 is 0 Å². The van der Waals surface area contributed by atoms with Gasteiger partial charge in [0.1, 0.15) is 0 Å². The lowest BCUT2D eigenvalue weighted by Gasteiger charge is -2.30. The van der Waals surface area contributed by atoms with Crippen molar-refractivity contribution in [2.24, 2.45) is 5.92 Å². The van der Waals surface area contributed by atoms with Crippen molar-refractivity contribution in [3.63, 3.8) is 0 Å². The molecule has 0 amide bonds. The van der Waals surface area contributed by atoms with E-state index in [1.807, 2.05) is 0 Å². The first-order valence-electron chi connectivity index (χ1n) is 7.28. The number of hydrogen-bond acceptors (Lipinski definition) is 0. The molecule has 0 saturated heterocycles. The average Bonchev–Trinajstić information content (AvgIpc) is 2.87. The number of rotatable bonds is 5. The summed E-state index contributed by atoms with van der Waals surface area (Å²) in [6.07, 6.45) is 7.70. The lowest BCUT2D eigenvalue weighted by molar-refractivity contribution is 0.684. The van der Waals surface area contributed by atoms with Crippen LogP contribution in [0.5, 0.6) is 0 Å². The van der Waals surface area contributed by atoms with E-state index in [9.17, 15) is 0 Å². The molecule has 1 aromatic carbocycles. The van der Waals surface area contributed by atoms with Crippen molar-refractivity contribution in [1.82, 2.24) is 0 Å². The third kappa shape index (κ3) is 3.35. The molecule has 0 aliphatic heterocycles. The molecule has 0 aromatic heterocycles. The van der Waals surface area contributed by atoms with E-state index in [2.05, 4.69) is 56.1 Å². The molecule has 2 atom stereocenters. The maximum atomic E-state index is 3.97. The van der Waals surface area contributed by atoms with Gasteiger partial charge in [-0.1, -0.05) is 62.0 Å². The second kappa shape index (κ2) is 5.88. The van der Waals surface area contributed by atoms with Gasteiger partial charge in [0.05, 0.1) is 8.07 Å². The molecule has 0 radical (unpaired) electrons. The normalized spacial score (nSPS) is 24.1. The molecule has 2 rings (SSSR count). The highest BCUT2D eigenvalue weighted by Crippen LogP contribution is 2.44. The van der Waals surface area contributed by atoms with E-state index in [1.54, 1.807) is 0 Å². The van der Waals surface area contributed by atoms with Gasteiger partial charge in [-0.05, 0) is 36.3 Å². The summed E-state index contributed by atoms with van der Waals surface area (Å²) >= 11 is 0. The van der Waals surface area contributed by atoms with Gasteiger partial charge in [-0.2, -0.15) is 0 Å². The molecule has 0 heterocycles. The van der Waals surface area contributed by atoms with E-state index in [1.165, 1.54) is 37.3 Å². The van der Waals surface area contributed by atoms with E-state index in [4.69, 9.17) is 0 Å². The SMILES string of the molecule is C=CC1CCC([Si](C)(C)CCc2ccccc2)C1. The Morgan fingerprint density at radius 3 is 2.56 bits per heavy atom. The van der Waals surface area contributed by atoms with Crippen LogP contribution >= 0.6 is 0 Å². The first-order chi connectivity index (χ1) is 8.62. The van der Waals surface area contributed by atoms with Gasteiger partial charge in [-0.15, -0.1) is 6.58 Å². The molecule has 1 heteroatoms. The van der Waals surface area contributed by atoms with E-state index in [0.29, 0.717) is 0 Å². The topological polar surface area (TPSA) is 0 Å². The third-order valence-corrected chi connectivity index (χ3v) is 9.09. The van der Waals surface area contributed by atoms with Crippen LogP contribution in [0.4, 0.5) is 0 Å². The fourth-order valence-corrected chi connectivity index (χ4v) is 6.49. The highest BCUT2D eigenvalue weighted by Gasteiger charge is 2.36. The van der Waals surface area contributed by atoms with Gasteiger partial charge in [-0.3, -0.25) is 0 Å². The van der Waals surface area contributed by atoms with Crippen LogP contribution in [0, 0.1) is 5.92 Å². The van der Waals surface area contributed by atoms with Crippen LogP contribution in [0.3, 0.4) is 0 Å². The average molecular weight is 258 g/mol. The summed E-state index contributed by atoms with van der Waals surface area (Å²) in [5, 5.41) is 0. The summed E-state index contributed by atoms with van der Waals surface area (Å²) in [5.74, 6) is 0.804. The van der Waals surface area contributed by atoms with Crippen molar-refractivity contribution in [1.29, 1.82) is 0 Å². The fraction of sp³-hybridized carbons (Fsp3) is 0.529. The summed E-state index contributed by atoms with van der Waals surface area (Å²) in [6.45, 7) is 9.15. The maximum absolute atomic E-state index is 3.97. The maximum Gasteiger partial charge on any atom is 0.0508 e. The molecule has 0 spiro atoms. The molecule has 1 aliphatic carbocycles. The Balaban J connectivity index is 1.89. The van der Waals surface area contributed by atoms with Crippen LogP contribution in [0.15, 0.2) is 43.0 Å². The second-order valence-electron chi connectivity index (χ2n) is 6.48. The molecular formula is C17H26Si. The zero-order valence-corrected chi connectivity index (χ0v) is 12.9. The molecule has 1 aliphatic rings. The number of allylic oxidation sites excluding steroid dienone is 1. The Hall–Kier alpha value is -0.823. The highest BCUT2D eigenvalue weighted by molar-refractivity contribution is 6.78. The molecule has 2 unspecified atom stereocenters. The summed E-state index contributed by atoms with van der Waals surface area (Å²) in [6, 6.07) is 12.4. The number of aryl methyl sites for hydroxylation is 1. The van der Waals surface area contributed by atoms with Crippen molar-refractivity contribution in [2.45, 2.75) is 50.4 Å². The molecule has 0 N–H and O–H groups in total. The van der Waals surface area contributed by atoms with Gasteiger partial charge in [0.2, 0.25) is 0 Å². The van der Waals surface area contributed by atoms with E-state index < -0.39 is 8.07 Å². The first-order valence-corrected chi connectivity index (χ1v) is 10.6. The summed E-state index contributed by atoms with van der Waals surface area (Å²) in [4.78, 5) is 0. The fourth-order valence-electron chi connectivity index (χ4n) is 3.26. The van der Waals surface area contributed by atoms with E-state index in [-0.39, 0.29) is 0 Å². The summed E-state index contributed by atoms with van der Waals surface area (Å²) in [7, 11) is -1.06. The second-order valence-corrected chi connectivity index (χ2v) is 11.8. The van der Waals surface area contributed by atoms with Crippen LogP contribution < -0.4 is 0 Å². The summed E-state index contributed by atoms with van der Waals surface area (Å²) < 4.78 is 0. The third-order valence-electron chi connectivity index (χ3n) is 4.81. The highest BCUT2D eigenvalue weighted by atomic mass is 28.3. The summed E-state index contributed by atoms with van der Waals surface area (Å²) in [5.41, 5.74) is 2.53. The predicted molar refractivity (Wildman–Crippen MR) is 83.7 cm³/mol. The van der Waals surface area contributed by atoms with Crippen LogP contribution in [0.25, 0.3) is 0 Å². The monoisotopic (exact) mass is 258 g/mol. The van der Waals surface area contributed by atoms with Gasteiger partial charge in [0.25, 0.3) is 0 Å². The Labute approximate surface area is 113 Å². The van der Waals surface area contributed by atoms with E-state index in [0.717, 1.165) is 11.5 Å². The molecule has 0 bridgehead atoms. The molecule has 1 fully saturated rings. The van der Waals surface area contributed by atoms with Gasteiger partial charge < -0.3 is 0 Å². The van der Waals surface area contributed by atoms with Crippen LogP contribution in [-0.2, 0) is 6.42 Å². The quantitative estimate of drug-likeness (QED) is 0.497. The van der Waals surface area contributed by atoms with Crippen LogP contribution in [0.1, 0.15) is 24.8 Å². The van der Waals surface area contributed by atoms with Crippen molar-refractivity contribution < 1.29 is 0 Å². The minimum Gasteiger partial charge on any atom is -0.103 e. The standard InChI is InChI=1S/C17H26Si/c1-4-15-10-11-17(14-15)18(2,3)13-12-16-8-6-5-7-9-16/h4-9,15,17H,1,10-14H2,2-3H3. The lowest BCUT2D eigenvalue weighted by atomic mass is 10.1. The zero-order valence-electron chi connectivity index (χ0n) is 11.9. The van der Waals surface area contributed by atoms with Gasteiger partial charge in [0, 0.05) is 0 Å². The van der Waals surface area contributed by atoms with Gasteiger partial charge in [0.15, 0.2) is 0 Å². The van der Waals surface area contributed by atoms with Crippen molar-refractivity contribution in [3.05, 3.63) is 48.6 Å². The van der Waals surface area contributed by atoms with Gasteiger partial charge >= 0.3 is 0 Å². The van der Waals surface area contributed by atoms with Crippen molar-refractivity contribution in [2.75, 3.05) is 0 Å². The molecule has 1 saturated carbocycles. The molecule has 18 heavy (non-hydrogen) atoms. The zero-order chi connectivity index (χ0) is 13.0. The Morgan fingerprint density at radius 1 is 1.22 bits per heavy atom. The van der Waals surface area contributed by atoms with Crippen LogP contribution in [-0.4, -0.2) is 8.07 Å². The Morgan fingerprint density at radius 2 is 1.94 bits per heavy atom. The number of hydrogen-bond donors (Lipinski definition) is 0. The molecule has 1 aromatic rings. The largest absolute Gasteiger partial charge is 0.103 e. The van der Waals surface area contributed by atoms with Crippen molar-refractivity contribution in [3.8, 4) is 0 Å². The van der Waals surface area contributed by atoms with Crippen molar-refractivity contribution >= 4 is 8.07 Å². The Bertz CT molecular complexity index is 380. The van der Waals surface area contributed by atoms with Gasteiger partial charge in [-0.25, -0.2) is 0 Å². The molecular weight excluding hydrogens is 232 g/mol.